The maximum Gasteiger partial charge on any atom is 0.341 e. The molecule has 0 saturated heterocycles. The fraction of sp³-hybridized carbons (Fsp3) is 0.286. The summed E-state index contributed by atoms with van der Waals surface area (Å²) in [7, 11) is -2.53. The zero-order chi connectivity index (χ0) is 29.1. The van der Waals surface area contributed by atoms with Crippen LogP contribution < -0.4 is 14.9 Å². The van der Waals surface area contributed by atoms with Gasteiger partial charge in [-0.2, -0.15) is 0 Å². The smallest absolute Gasteiger partial charge is 0.341 e. The number of non-ortho nitro benzene ring substituents is 1. The number of thiophene rings is 1. The highest BCUT2D eigenvalue weighted by molar-refractivity contribution is 7.89. The second-order valence-electron chi connectivity index (χ2n) is 10.2. The molecule has 0 aliphatic heterocycles. The number of rotatable bonds is 8. The van der Waals surface area contributed by atoms with Gasteiger partial charge in [-0.3, -0.25) is 14.9 Å². The molecule has 212 valence electrons. The number of benzene rings is 2. The summed E-state index contributed by atoms with van der Waals surface area (Å²) >= 11 is 1.51. The Bertz CT molecular complexity index is 1910. The van der Waals surface area contributed by atoms with E-state index in [-0.39, 0.29) is 27.6 Å². The Morgan fingerprint density at radius 3 is 2.66 bits per heavy atom. The molecular formula is C28H25N3O8S2. The fourth-order valence-electron chi connectivity index (χ4n) is 5.44. The molecule has 13 heteroatoms. The molecular weight excluding hydrogens is 570 g/mol. The predicted molar refractivity (Wildman–Crippen MR) is 152 cm³/mol. The first-order valence-corrected chi connectivity index (χ1v) is 15.3. The SMILES string of the molecule is COc1c(-c2cc3c(s2)CCCC3NS(=O)(=O)c2cccc([N+](=O)[O-])c2)ccc2c(=O)c(C(=O)O)cn(C3CC3)c12. The molecule has 6 rings (SSSR count). The Balaban J connectivity index is 1.42. The van der Waals surface area contributed by atoms with Gasteiger partial charge in [0, 0.05) is 45.7 Å². The number of carboxylic acid groups (broad SMARTS) is 1. The predicted octanol–water partition coefficient (Wildman–Crippen LogP) is 5.04. The zero-order valence-corrected chi connectivity index (χ0v) is 23.5. The Hall–Kier alpha value is -4.07. The molecule has 2 aromatic carbocycles. The van der Waals surface area contributed by atoms with Crippen LogP contribution in [-0.4, -0.2) is 36.1 Å². The topological polar surface area (TPSA) is 158 Å². The van der Waals surface area contributed by atoms with E-state index in [9.17, 15) is 33.2 Å². The standard InChI is InChI=1S/C28H25N3O8S2/c1-39-27-18(10-11-19-25(27)30(15-8-9-15)14-21(26(19)32)28(33)34)24-13-20-22(6-3-7-23(20)40-24)29-41(37,38)17-5-2-4-16(12-17)31(35)36/h2,4-5,10-15,22,29H,3,6-9H2,1H3,(H,33,34). The van der Waals surface area contributed by atoms with Crippen LogP contribution in [0.2, 0.25) is 0 Å². The largest absolute Gasteiger partial charge is 0.494 e. The van der Waals surface area contributed by atoms with Crippen molar-refractivity contribution >= 4 is 43.9 Å². The minimum Gasteiger partial charge on any atom is -0.494 e. The van der Waals surface area contributed by atoms with Crippen molar-refractivity contribution in [3.63, 3.8) is 0 Å². The number of methoxy groups -OCH3 is 1. The lowest BCUT2D eigenvalue weighted by atomic mass is 9.94. The van der Waals surface area contributed by atoms with Crippen molar-refractivity contribution in [3.05, 3.63) is 85.0 Å². The molecule has 2 aliphatic rings. The lowest BCUT2D eigenvalue weighted by molar-refractivity contribution is -0.385. The van der Waals surface area contributed by atoms with Crippen LogP contribution in [0.15, 0.2) is 58.4 Å². The van der Waals surface area contributed by atoms with Gasteiger partial charge >= 0.3 is 5.97 Å². The van der Waals surface area contributed by atoms with Crippen LogP contribution in [-0.2, 0) is 16.4 Å². The van der Waals surface area contributed by atoms with Gasteiger partial charge in [0.2, 0.25) is 15.5 Å². The van der Waals surface area contributed by atoms with Crippen LogP contribution in [0.3, 0.4) is 0 Å². The van der Waals surface area contributed by atoms with Crippen molar-refractivity contribution < 1.29 is 28.0 Å². The van der Waals surface area contributed by atoms with Crippen LogP contribution in [0.1, 0.15) is 58.6 Å². The summed E-state index contributed by atoms with van der Waals surface area (Å²) in [5.74, 6) is -0.824. The van der Waals surface area contributed by atoms with Crippen molar-refractivity contribution in [3.8, 4) is 16.2 Å². The number of nitro groups is 1. The van der Waals surface area contributed by atoms with E-state index >= 15 is 0 Å². The third-order valence-corrected chi connectivity index (χ3v) is 10.3. The van der Waals surface area contributed by atoms with E-state index in [1.807, 2.05) is 10.6 Å². The Labute approximate surface area is 238 Å². The number of carboxylic acids is 1. The average Bonchev–Trinajstić information content (AvgIpc) is 3.70. The zero-order valence-electron chi connectivity index (χ0n) is 21.8. The summed E-state index contributed by atoms with van der Waals surface area (Å²) in [4.78, 5) is 37.0. The summed E-state index contributed by atoms with van der Waals surface area (Å²) in [6.07, 6.45) is 5.21. The molecule has 11 nitrogen and oxygen atoms in total. The fourth-order valence-corrected chi connectivity index (χ4v) is 8.02. The van der Waals surface area contributed by atoms with Crippen molar-refractivity contribution in [2.75, 3.05) is 7.11 Å². The van der Waals surface area contributed by atoms with Gasteiger partial charge in [0.05, 0.1) is 27.8 Å². The van der Waals surface area contributed by atoms with Crippen molar-refractivity contribution in [1.29, 1.82) is 0 Å². The van der Waals surface area contributed by atoms with Gasteiger partial charge < -0.3 is 14.4 Å². The highest BCUT2D eigenvalue weighted by Gasteiger charge is 2.31. The number of aryl methyl sites for hydroxylation is 1. The van der Waals surface area contributed by atoms with Gasteiger partial charge in [-0.05, 0) is 61.9 Å². The van der Waals surface area contributed by atoms with E-state index in [1.54, 1.807) is 12.1 Å². The molecule has 0 radical (unpaired) electrons. The second kappa shape index (κ2) is 10.1. The quantitative estimate of drug-likeness (QED) is 0.212. The summed E-state index contributed by atoms with van der Waals surface area (Å²) in [6.45, 7) is 0. The normalized spacial score (nSPS) is 16.9. The third-order valence-electron chi connectivity index (χ3n) is 7.54. The minimum absolute atomic E-state index is 0.0736. The number of aromatic carboxylic acids is 1. The van der Waals surface area contributed by atoms with E-state index < -0.39 is 32.4 Å². The second-order valence-corrected chi connectivity index (χ2v) is 13.0. The Morgan fingerprint density at radius 1 is 1.20 bits per heavy atom. The molecule has 0 spiro atoms. The first-order valence-electron chi connectivity index (χ1n) is 13.0. The van der Waals surface area contributed by atoms with Gasteiger partial charge in [0.25, 0.3) is 5.69 Å². The molecule has 1 saturated carbocycles. The number of aromatic nitrogens is 1. The summed E-state index contributed by atoms with van der Waals surface area (Å²) in [5, 5.41) is 21.0. The lowest BCUT2D eigenvalue weighted by Crippen LogP contribution is -2.30. The van der Waals surface area contributed by atoms with Crippen LogP contribution >= 0.6 is 11.3 Å². The van der Waals surface area contributed by atoms with Crippen molar-refractivity contribution in [2.24, 2.45) is 0 Å². The summed E-state index contributed by atoms with van der Waals surface area (Å²) < 4.78 is 36.8. The monoisotopic (exact) mass is 595 g/mol. The number of nitrogens with one attached hydrogen (secondary N) is 1. The van der Waals surface area contributed by atoms with E-state index in [0.29, 0.717) is 17.7 Å². The van der Waals surface area contributed by atoms with E-state index in [1.165, 1.54) is 42.8 Å². The highest BCUT2D eigenvalue weighted by Crippen LogP contribution is 2.46. The average molecular weight is 596 g/mol. The van der Waals surface area contributed by atoms with Gasteiger partial charge in [0.1, 0.15) is 5.56 Å². The van der Waals surface area contributed by atoms with Crippen LogP contribution in [0, 0.1) is 10.1 Å². The van der Waals surface area contributed by atoms with Gasteiger partial charge in [-0.1, -0.05) is 6.07 Å². The molecule has 2 heterocycles. The maximum atomic E-state index is 13.2. The van der Waals surface area contributed by atoms with Gasteiger partial charge in [-0.25, -0.2) is 17.9 Å². The first-order chi connectivity index (χ1) is 19.6. The maximum absolute atomic E-state index is 13.2. The molecule has 2 aliphatic carbocycles. The molecule has 0 bridgehead atoms. The Kier molecular flexibility index (Phi) is 6.67. The number of nitro benzene ring substituents is 1. The number of fused-ring (bicyclic) bond motifs is 2. The number of carbonyl (C=O) groups is 1. The molecule has 2 N–H and O–H groups in total. The van der Waals surface area contributed by atoms with E-state index in [0.717, 1.165) is 52.6 Å². The molecule has 4 aromatic rings. The first kappa shape index (κ1) is 27.1. The molecule has 1 unspecified atom stereocenters. The minimum atomic E-state index is -4.04. The number of pyridine rings is 1. The van der Waals surface area contributed by atoms with Gasteiger partial charge in [0.15, 0.2) is 5.75 Å². The van der Waals surface area contributed by atoms with E-state index in [2.05, 4.69) is 4.72 Å². The molecule has 1 atom stereocenters. The van der Waals surface area contributed by atoms with Crippen molar-refractivity contribution in [2.45, 2.75) is 49.1 Å². The summed E-state index contributed by atoms with van der Waals surface area (Å²) in [6, 6.07) is 9.79. The Morgan fingerprint density at radius 2 is 1.98 bits per heavy atom. The van der Waals surface area contributed by atoms with Crippen LogP contribution in [0.4, 0.5) is 5.69 Å². The molecule has 41 heavy (non-hydrogen) atoms. The molecule has 1 fully saturated rings. The molecule has 2 aromatic heterocycles. The van der Waals surface area contributed by atoms with Gasteiger partial charge in [-0.15, -0.1) is 11.3 Å². The van der Waals surface area contributed by atoms with Crippen LogP contribution in [0.5, 0.6) is 5.75 Å². The van der Waals surface area contributed by atoms with Crippen LogP contribution in [0.25, 0.3) is 21.3 Å². The number of hydrogen-bond acceptors (Lipinski definition) is 8. The number of ether oxygens (including phenoxy) is 1. The lowest BCUT2D eigenvalue weighted by Gasteiger charge is -2.23. The number of nitrogens with zero attached hydrogens (tertiary/aromatic N) is 2. The summed E-state index contributed by atoms with van der Waals surface area (Å²) in [5.41, 5.74) is 0.917. The highest BCUT2D eigenvalue weighted by atomic mass is 32.2. The van der Waals surface area contributed by atoms with Crippen molar-refractivity contribution in [1.82, 2.24) is 9.29 Å². The van der Waals surface area contributed by atoms with E-state index in [4.69, 9.17) is 4.74 Å². The number of sulfonamides is 1. The molecule has 0 amide bonds. The number of hydrogen-bond donors (Lipinski definition) is 2. The third kappa shape index (κ3) is 4.79.